The number of benzene rings is 2. The molecule has 2 aromatic carbocycles. The van der Waals surface area contributed by atoms with Crippen molar-refractivity contribution >= 4 is 33.5 Å². The molecule has 4 heteroatoms. The molecule has 1 fully saturated rings. The highest BCUT2D eigenvalue weighted by molar-refractivity contribution is 8.30. The van der Waals surface area contributed by atoms with Crippen LogP contribution in [-0.2, 0) is 0 Å². The smallest absolute Gasteiger partial charge is 0.260 e. The quantitative estimate of drug-likeness (QED) is 0.756. The largest absolute Gasteiger partial charge is 0.300 e. The highest BCUT2D eigenvalue weighted by Gasteiger charge is 2.36. The van der Waals surface area contributed by atoms with Gasteiger partial charge in [-0.25, -0.2) is 9.89 Å². The first-order valence-electron chi connectivity index (χ1n) is 7.21. The summed E-state index contributed by atoms with van der Waals surface area (Å²) in [5.41, 5.74) is 6.43. The molecular weight excluding hydrogens is 292 g/mol. The predicted octanol–water partition coefficient (Wildman–Crippen LogP) is 5.28. The first kappa shape index (κ1) is 14.9. The third-order valence-electron chi connectivity index (χ3n) is 3.71. The molecule has 0 saturated carbocycles. The SMILES string of the molecule is Cc1ccc(N=C2SC(=O)N2c2ccc(C)cc2C)c(C)c1. The fourth-order valence-electron chi connectivity index (χ4n) is 2.57. The Bertz CT molecular complexity index is 796. The average Bonchev–Trinajstić information content (AvgIpc) is 2.44. The van der Waals surface area contributed by atoms with Crippen LogP contribution in [0.5, 0.6) is 0 Å². The zero-order chi connectivity index (χ0) is 15.9. The van der Waals surface area contributed by atoms with Crippen LogP contribution in [0.3, 0.4) is 0 Å². The monoisotopic (exact) mass is 310 g/mol. The van der Waals surface area contributed by atoms with E-state index in [1.807, 2.05) is 45.0 Å². The molecule has 3 rings (SSSR count). The normalized spacial score (nSPS) is 16.1. The molecule has 1 aliphatic rings. The molecule has 0 aliphatic carbocycles. The van der Waals surface area contributed by atoms with E-state index < -0.39 is 0 Å². The second-order valence-corrected chi connectivity index (χ2v) is 6.60. The molecule has 0 bridgehead atoms. The predicted molar refractivity (Wildman–Crippen MR) is 94.4 cm³/mol. The first-order chi connectivity index (χ1) is 10.5. The van der Waals surface area contributed by atoms with Crippen LogP contribution >= 0.6 is 11.8 Å². The number of hydrogen-bond donors (Lipinski definition) is 0. The first-order valence-corrected chi connectivity index (χ1v) is 8.02. The van der Waals surface area contributed by atoms with E-state index in [9.17, 15) is 4.79 Å². The molecule has 2 aromatic rings. The number of carbonyl (C=O) groups is 1. The highest BCUT2D eigenvalue weighted by Crippen LogP contribution is 2.37. The summed E-state index contributed by atoms with van der Waals surface area (Å²) in [5, 5.41) is 0.763. The Balaban J connectivity index is 1.98. The number of amides is 1. The Morgan fingerprint density at radius 2 is 1.55 bits per heavy atom. The number of hydrogen-bond acceptors (Lipinski definition) is 3. The topological polar surface area (TPSA) is 32.7 Å². The summed E-state index contributed by atoms with van der Waals surface area (Å²) in [6.07, 6.45) is 0. The second-order valence-electron chi connectivity index (χ2n) is 5.68. The summed E-state index contributed by atoms with van der Waals surface area (Å²) in [6.45, 7) is 8.17. The van der Waals surface area contributed by atoms with Gasteiger partial charge < -0.3 is 0 Å². The number of thioether (sulfide) groups is 1. The molecule has 1 saturated heterocycles. The van der Waals surface area contributed by atoms with Crippen LogP contribution in [0.4, 0.5) is 16.2 Å². The standard InChI is InChI=1S/C18H18N2OS/c1-11-5-7-15(13(3)9-11)19-17-20(18(21)22-17)16-8-6-12(2)10-14(16)4/h5-10H,1-4H3. The molecule has 22 heavy (non-hydrogen) atoms. The van der Waals surface area contributed by atoms with Crippen LogP contribution in [0.25, 0.3) is 0 Å². The van der Waals surface area contributed by atoms with E-state index in [-0.39, 0.29) is 5.24 Å². The third kappa shape index (κ3) is 2.66. The minimum absolute atomic E-state index is 0.0236. The van der Waals surface area contributed by atoms with E-state index in [0.717, 1.165) is 27.7 Å². The van der Waals surface area contributed by atoms with Crippen LogP contribution in [0.2, 0.25) is 0 Å². The zero-order valence-corrected chi connectivity index (χ0v) is 14.0. The molecule has 0 radical (unpaired) electrons. The fraction of sp³-hybridized carbons (Fsp3) is 0.222. The molecule has 0 spiro atoms. The zero-order valence-electron chi connectivity index (χ0n) is 13.2. The van der Waals surface area contributed by atoms with Gasteiger partial charge in [0.1, 0.15) is 0 Å². The molecule has 0 N–H and O–H groups in total. The van der Waals surface area contributed by atoms with Crippen molar-refractivity contribution in [3.05, 3.63) is 58.7 Å². The van der Waals surface area contributed by atoms with Crippen molar-refractivity contribution in [3.8, 4) is 0 Å². The Morgan fingerprint density at radius 3 is 2.14 bits per heavy atom. The van der Waals surface area contributed by atoms with Crippen molar-refractivity contribution in [2.75, 3.05) is 4.90 Å². The number of nitrogens with zero attached hydrogens (tertiary/aromatic N) is 2. The van der Waals surface area contributed by atoms with Gasteiger partial charge in [-0.3, -0.25) is 4.79 Å². The Kier molecular flexibility index (Phi) is 3.79. The lowest BCUT2D eigenvalue weighted by Crippen LogP contribution is -2.43. The van der Waals surface area contributed by atoms with E-state index in [0.29, 0.717) is 0 Å². The van der Waals surface area contributed by atoms with E-state index in [4.69, 9.17) is 0 Å². The van der Waals surface area contributed by atoms with E-state index in [2.05, 4.69) is 24.0 Å². The van der Waals surface area contributed by atoms with Crippen molar-refractivity contribution in [3.63, 3.8) is 0 Å². The number of anilines is 1. The fourth-order valence-corrected chi connectivity index (χ4v) is 3.29. The summed E-state index contributed by atoms with van der Waals surface area (Å²) >= 11 is 1.19. The highest BCUT2D eigenvalue weighted by atomic mass is 32.2. The van der Waals surface area contributed by atoms with Crippen molar-refractivity contribution in [1.82, 2.24) is 0 Å². The van der Waals surface area contributed by atoms with Crippen molar-refractivity contribution in [2.24, 2.45) is 4.99 Å². The lowest BCUT2D eigenvalue weighted by atomic mass is 10.1. The number of aliphatic imine (C=N–C) groups is 1. The van der Waals surface area contributed by atoms with Crippen molar-refractivity contribution in [2.45, 2.75) is 27.7 Å². The maximum Gasteiger partial charge on any atom is 0.300 e. The van der Waals surface area contributed by atoms with E-state index in [1.165, 1.54) is 22.9 Å². The van der Waals surface area contributed by atoms with Gasteiger partial charge in [-0.05, 0) is 51.0 Å². The molecule has 3 nitrogen and oxygen atoms in total. The maximum absolute atomic E-state index is 12.0. The summed E-state index contributed by atoms with van der Waals surface area (Å²) in [4.78, 5) is 18.4. The molecule has 0 aromatic heterocycles. The third-order valence-corrected chi connectivity index (χ3v) is 4.53. The Morgan fingerprint density at radius 1 is 0.909 bits per heavy atom. The van der Waals surface area contributed by atoms with E-state index in [1.54, 1.807) is 4.90 Å². The van der Waals surface area contributed by atoms with Crippen LogP contribution in [0, 0.1) is 27.7 Å². The van der Waals surface area contributed by atoms with E-state index >= 15 is 0 Å². The summed E-state index contributed by atoms with van der Waals surface area (Å²) in [6, 6.07) is 12.2. The Hall–Kier alpha value is -2.07. The minimum atomic E-state index is 0.0236. The number of carbonyl (C=O) groups excluding carboxylic acids is 1. The lowest BCUT2D eigenvalue weighted by molar-refractivity contribution is 0.266. The number of amidine groups is 1. The molecule has 1 amide bonds. The van der Waals surface area contributed by atoms with Gasteiger partial charge in [0.15, 0.2) is 5.17 Å². The lowest BCUT2D eigenvalue weighted by Gasteiger charge is -2.32. The molecular formula is C18H18N2OS. The maximum atomic E-state index is 12.0. The average molecular weight is 310 g/mol. The summed E-state index contributed by atoms with van der Waals surface area (Å²) in [5.74, 6) is 0. The van der Waals surface area contributed by atoms with Gasteiger partial charge in [-0.15, -0.1) is 0 Å². The minimum Gasteiger partial charge on any atom is -0.260 e. The molecule has 1 aliphatic heterocycles. The van der Waals surface area contributed by atoms with Gasteiger partial charge in [-0.1, -0.05) is 35.4 Å². The molecule has 1 heterocycles. The van der Waals surface area contributed by atoms with Gasteiger partial charge in [0, 0.05) is 11.8 Å². The summed E-state index contributed by atoms with van der Waals surface area (Å²) in [7, 11) is 0. The van der Waals surface area contributed by atoms with Crippen LogP contribution < -0.4 is 4.90 Å². The van der Waals surface area contributed by atoms with Crippen LogP contribution in [0.15, 0.2) is 41.4 Å². The molecule has 0 atom stereocenters. The number of aryl methyl sites for hydroxylation is 4. The van der Waals surface area contributed by atoms with Crippen molar-refractivity contribution < 1.29 is 4.79 Å². The number of rotatable bonds is 2. The second kappa shape index (κ2) is 5.61. The van der Waals surface area contributed by atoms with Gasteiger partial charge in [0.25, 0.3) is 5.24 Å². The van der Waals surface area contributed by atoms with Crippen molar-refractivity contribution in [1.29, 1.82) is 0 Å². The van der Waals surface area contributed by atoms with Gasteiger partial charge in [-0.2, -0.15) is 0 Å². The summed E-state index contributed by atoms with van der Waals surface area (Å²) < 4.78 is 0. The van der Waals surface area contributed by atoms with Gasteiger partial charge in [0.2, 0.25) is 0 Å². The molecule has 112 valence electrons. The molecule has 0 unspecified atom stereocenters. The van der Waals surface area contributed by atoms with Crippen LogP contribution in [0.1, 0.15) is 22.3 Å². The van der Waals surface area contributed by atoms with Crippen LogP contribution in [-0.4, -0.2) is 10.4 Å². The van der Waals surface area contributed by atoms with Gasteiger partial charge in [0.05, 0.1) is 11.4 Å². The Labute approximate surface area is 135 Å². The van der Waals surface area contributed by atoms with Gasteiger partial charge >= 0.3 is 0 Å².